The highest BCUT2D eigenvalue weighted by atomic mass is 32.2. The molecule has 34 heavy (non-hydrogen) atoms. The Kier molecular flexibility index (Phi) is 5.62. The standard InChI is InChI=1S/C23H25F4N5OS/c1-8-34(33)20-18(30-32-14(5)12(3)11(2)13(4)19(20)32)21-29-15-9-17(22(6,24)23(25,26)27)28-10-16(15)31(21)7/h9-10H,8H2,1-7H3. The Bertz CT molecular complexity index is 1480. The van der Waals surface area contributed by atoms with E-state index < -0.39 is 28.3 Å². The van der Waals surface area contributed by atoms with Crippen LogP contribution in [0, 0.1) is 27.7 Å². The molecule has 0 N–H and O–H groups in total. The average Bonchev–Trinajstić information content (AvgIpc) is 3.33. The highest BCUT2D eigenvalue weighted by Crippen LogP contribution is 2.42. The predicted molar refractivity (Wildman–Crippen MR) is 123 cm³/mol. The van der Waals surface area contributed by atoms with Crippen molar-refractivity contribution in [2.45, 2.75) is 58.3 Å². The Balaban J connectivity index is 2.05. The predicted octanol–water partition coefficient (Wildman–Crippen LogP) is 5.39. The first-order chi connectivity index (χ1) is 15.7. The molecular formula is C23H25F4N5OS. The summed E-state index contributed by atoms with van der Waals surface area (Å²) < 4.78 is 70.8. The van der Waals surface area contributed by atoms with Crippen molar-refractivity contribution in [1.82, 2.24) is 24.1 Å². The van der Waals surface area contributed by atoms with Crippen LogP contribution in [0.1, 0.15) is 41.9 Å². The molecule has 0 aliphatic heterocycles. The van der Waals surface area contributed by atoms with Crippen LogP contribution in [0.2, 0.25) is 0 Å². The third-order valence-corrected chi connectivity index (χ3v) is 8.03. The van der Waals surface area contributed by atoms with Gasteiger partial charge < -0.3 is 4.57 Å². The summed E-state index contributed by atoms with van der Waals surface area (Å²) in [6.07, 6.45) is -3.95. The van der Waals surface area contributed by atoms with E-state index >= 15 is 0 Å². The Morgan fingerprint density at radius 1 is 1.06 bits per heavy atom. The highest BCUT2D eigenvalue weighted by Gasteiger charge is 2.54. The zero-order valence-electron chi connectivity index (χ0n) is 19.9. The molecule has 0 radical (unpaired) electrons. The lowest BCUT2D eigenvalue weighted by Crippen LogP contribution is -2.35. The number of nitrogens with zero attached hydrogens (tertiary/aromatic N) is 5. The van der Waals surface area contributed by atoms with E-state index in [1.807, 2.05) is 27.7 Å². The molecule has 0 fully saturated rings. The molecule has 0 bridgehead atoms. The Morgan fingerprint density at radius 2 is 1.71 bits per heavy atom. The van der Waals surface area contributed by atoms with Crippen LogP contribution in [0.5, 0.6) is 0 Å². The summed E-state index contributed by atoms with van der Waals surface area (Å²) >= 11 is 0. The zero-order valence-corrected chi connectivity index (χ0v) is 20.7. The third-order valence-electron chi connectivity index (χ3n) is 6.66. The summed E-state index contributed by atoms with van der Waals surface area (Å²) in [5, 5.41) is 4.75. The lowest BCUT2D eigenvalue weighted by Gasteiger charge is -2.22. The van der Waals surface area contributed by atoms with Gasteiger partial charge in [0.25, 0.3) is 0 Å². The molecule has 4 heterocycles. The van der Waals surface area contributed by atoms with E-state index in [9.17, 15) is 21.8 Å². The number of pyridine rings is 2. The molecule has 6 nitrogen and oxygen atoms in total. The number of alkyl halides is 4. The fraction of sp³-hybridized carbons (Fsp3) is 0.435. The van der Waals surface area contributed by atoms with E-state index in [1.165, 1.54) is 6.20 Å². The number of imidazole rings is 1. The van der Waals surface area contributed by atoms with Crippen molar-refractivity contribution in [2.24, 2.45) is 7.05 Å². The molecule has 0 aliphatic carbocycles. The van der Waals surface area contributed by atoms with Crippen LogP contribution >= 0.6 is 0 Å². The number of aromatic nitrogens is 5. The van der Waals surface area contributed by atoms with Gasteiger partial charge in [-0.2, -0.15) is 18.3 Å². The number of fused-ring (bicyclic) bond motifs is 2. The van der Waals surface area contributed by atoms with Gasteiger partial charge >= 0.3 is 6.18 Å². The van der Waals surface area contributed by atoms with Gasteiger partial charge in [0.15, 0.2) is 5.82 Å². The van der Waals surface area contributed by atoms with E-state index in [4.69, 9.17) is 5.10 Å². The molecule has 2 atom stereocenters. The number of hydrogen-bond acceptors (Lipinski definition) is 4. The molecule has 11 heteroatoms. The first kappa shape index (κ1) is 24.3. The van der Waals surface area contributed by atoms with Gasteiger partial charge in [0, 0.05) is 18.5 Å². The number of aryl methyl sites for hydroxylation is 3. The third kappa shape index (κ3) is 3.35. The fourth-order valence-corrected chi connectivity index (χ4v) is 5.17. The molecule has 0 amide bonds. The van der Waals surface area contributed by atoms with Crippen LogP contribution in [0.15, 0.2) is 17.2 Å². The molecule has 0 aliphatic rings. The van der Waals surface area contributed by atoms with Gasteiger partial charge in [-0.3, -0.25) is 9.19 Å². The van der Waals surface area contributed by atoms with E-state index in [0.717, 1.165) is 34.0 Å². The summed E-state index contributed by atoms with van der Waals surface area (Å²) in [6, 6.07) is 1.00. The minimum absolute atomic E-state index is 0.140. The minimum atomic E-state index is -5.12. The second-order valence-electron chi connectivity index (χ2n) is 8.59. The van der Waals surface area contributed by atoms with Crippen LogP contribution in [0.25, 0.3) is 28.1 Å². The molecule has 4 rings (SSSR count). The van der Waals surface area contributed by atoms with Gasteiger partial charge in [0.2, 0.25) is 5.67 Å². The van der Waals surface area contributed by atoms with Gasteiger partial charge in [0.05, 0.1) is 44.1 Å². The monoisotopic (exact) mass is 495 g/mol. The molecule has 0 saturated carbocycles. The normalized spacial score (nSPS) is 15.3. The minimum Gasteiger partial charge on any atom is -0.324 e. The molecule has 182 valence electrons. The molecule has 0 aromatic carbocycles. The van der Waals surface area contributed by atoms with Crippen LogP contribution in [0.4, 0.5) is 17.6 Å². The molecule has 0 saturated heterocycles. The van der Waals surface area contributed by atoms with Crippen LogP contribution in [-0.4, -0.2) is 40.3 Å². The maximum Gasteiger partial charge on any atom is 0.428 e. The molecule has 0 spiro atoms. The number of hydrogen-bond donors (Lipinski definition) is 0. The number of halogens is 4. The molecule has 2 unspecified atom stereocenters. The van der Waals surface area contributed by atoms with Crippen LogP contribution in [-0.2, 0) is 23.5 Å². The Labute approximate surface area is 196 Å². The zero-order chi connectivity index (χ0) is 25.3. The van der Waals surface area contributed by atoms with E-state index in [2.05, 4.69) is 9.97 Å². The largest absolute Gasteiger partial charge is 0.428 e. The average molecular weight is 496 g/mol. The Hall–Kier alpha value is -2.82. The molecule has 4 aromatic rings. The van der Waals surface area contributed by atoms with E-state index in [-0.39, 0.29) is 5.52 Å². The second-order valence-corrected chi connectivity index (χ2v) is 10.3. The van der Waals surface area contributed by atoms with Crippen LogP contribution < -0.4 is 0 Å². The van der Waals surface area contributed by atoms with Gasteiger partial charge in [0.1, 0.15) is 5.69 Å². The van der Waals surface area contributed by atoms with Crippen molar-refractivity contribution in [3.05, 3.63) is 40.3 Å². The van der Waals surface area contributed by atoms with Crippen molar-refractivity contribution in [3.63, 3.8) is 0 Å². The Morgan fingerprint density at radius 3 is 2.29 bits per heavy atom. The quantitative estimate of drug-likeness (QED) is 0.356. The summed E-state index contributed by atoms with van der Waals surface area (Å²) in [5.41, 5.74) is 1.21. The van der Waals surface area contributed by atoms with Gasteiger partial charge in [-0.1, -0.05) is 6.92 Å². The summed E-state index contributed by atoms with van der Waals surface area (Å²) in [5.74, 6) is 0.664. The smallest absolute Gasteiger partial charge is 0.324 e. The van der Waals surface area contributed by atoms with Crippen LogP contribution in [0.3, 0.4) is 0 Å². The van der Waals surface area contributed by atoms with Gasteiger partial charge in [-0.15, -0.1) is 0 Å². The lowest BCUT2D eigenvalue weighted by molar-refractivity contribution is -0.230. The first-order valence-electron chi connectivity index (χ1n) is 10.7. The van der Waals surface area contributed by atoms with Crippen molar-refractivity contribution in [2.75, 3.05) is 5.75 Å². The van der Waals surface area contributed by atoms with Gasteiger partial charge in [-0.25, -0.2) is 13.9 Å². The first-order valence-corrected chi connectivity index (χ1v) is 12.0. The van der Waals surface area contributed by atoms with Crippen molar-refractivity contribution in [3.8, 4) is 11.5 Å². The second kappa shape index (κ2) is 7.86. The van der Waals surface area contributed by atoms with E-state index in [0.29, 0.717) is 34.6 Å². The summed E-state index contributed by atoms with van der Waals surface area (Å²) in [4.78, 5) is 8.75. The topological polar surface area (TPSA) is 65.1 Å². The summed E-state index contributed by atoms with van der Waals surface area (Å²) in [6.45, 7) is 10.1. The SMILES string of the molecule is CCS(=O)c1c(-c2nc3cc(C(C)(F)C(F)(F)F)ncc3n2C)nn2c(C)c(C)c(C)c(C)c12. The van der Waals surface area contributed by atoms with Crippen molar-refractivity contribution < 1.29 is 21.8 Å². The molecule has 4 aromatic heterocycles. The van der Waals surface area contributed by atoms with Gasteiger partial charge in [-0.05, 0) is 57.4 Å². The van der Waals surface area contributed by atoms with Crippen molar-refractivity contribution >= 4 is 27.3 Å². The molecular weight excluding hydrogens is 470 g/mol. The van der Waals surface area contributed by atoms with Crippen molar-refractivity contribution in [1.29, 1.82) is 0 Å². The highest BCUT2D eigenvalue weighted by molar-refractivity contribution is 7.85. The van der Waals surface area contributed by atoms with E-state index in [1.54, 1.807) is 23.1 Å². The maximum absolute atomic E-state index is 14.5. The fourth-order valence-electron chi connectivity index (χ4n) is 4.07. The number of rotatable bonds is 4. The lowest BCUT2D eigenvalue weighted by atomic mass is 10.0. The summed E-state index contributed by atoms with van der Waals surface area (Å²) in [7, 11) is 0.269. The maximum atomic E-state index is 14.5.